The Morgan fingerprint density at radius 1 is 0.606 bits per heavy atom. The Balaban J connectivity index is 2.14. The van der Waals surface area contributed by atoms with Gasteiger partial charge in [0.1, 0.15) is 35.4 Å². The van der Waals surface area contributed by atoms with Crippen LogP contribution in [-0.2, 0) is 0 Å². The SMILES string of the molecule is Cc1ccc(N(c2ccc(C)cc2)c2ccc(C(C=C(C#N)C#N)=C(C#N)C#N)cc2)cc1. The van der Waals surface area contributed by atoms with E-state index in [4.69, 9.17) is 10.5 Å². The number of benzene rings is 3. The average molecular weight is 425 g/mol. The molecule has 0 unspecified atom stereocenters. The van der Waals surface area contributed by atoms with E-state index < -0.39 is 0 Å². The molecule has 0 saturated heterocycles. The number of nitrogens with zero attached hydrogens (tertiary/aromatic N) is 5. The van der Waals surface area contributed by atoms with Gasteiger partial charge in [-0.25, -0.2) is 0 Å². The molecular weight excluding hydrogens is 406 g/mol. The van der Waals surface area contributed by atoms with E-state index in [-0.39, 0.29) is 16.7 Å². The number of hydrogen-bond acceptors (Lipinski definition) is 5. The lowest BCUT2D eigenvalue weighted by Crippen LogP contribution is -2.10. The van der Waals surface area contributed by atoms with Gasteiger partial charge in [0.05, 0.1) is 0 Å². The molecule has 3 aromatic carbocycles. The first-order chi connectivity index (χ1) is 16.0. The van der Waals surface area contributed by atoms with Crippen LogP contribution in [0, 0.1) is 59.2 Å². The van der Waals surface area contributed by atoms with E-state index in [0.717, 1.165) is 28.2 Å². The van der Waals surface area contributed by atoms with Gasteiger partial charge >= 0.3 is 0 Å². The van der Waals surface area contributed by atoms with Gasteiger partial charge in [0, 0.05) is 22.6 Å². The average Bonchev–Trinajstić information content (AvgIpc) is 2.85. The molecule has 156 valence electrons. The van der Waals surface area contributed by atoms with E-state index in [1.54, 1.807) is 24.3 Å². The first-order valence-electron chi connectivity index (χ1n) is 10.1. The van der Waals surface area contributed by atoms with Crippen LogP contribution in [0.5, 0.6) is 0 Å². The molecule has 0 radical (unpaired) electrons. The number of allylic oxidation sites excluding steroid dienone is 4. The predicted molar refractivity (Wildman–Crippen MR) is 128 cm³/mol. The topological polar surface area (TPSA) is 98.4 Å². The second-order valence-corrected chi connectivity index (χ2v) is 7.35. The van der Waals surface area contributed by atoms with Crippen molar-refractivity contribution in [3.05, 3.63) is 107 Å². The summed E-state index contributed by atoms with van der Waals surface area (Å²) in [5.74, 6) is 0. The van der Waals surface area contributed by atoms with E-state index in [1.807, 2.05) is 86.6 Å². The van der Waals surface area contributed by atoms with Crippen molar-refractivity contribution < 1.29 is 0 Å². The van der Waals surface area contributed by atoms with Gasteiger partial charge in [0.15, 0.2) is 0 Å². The summed E-state index contributed by atoms with van der Waals surface area (Å²) < 4.78 is 0. The van der Waals surface area contributed by atoms with E-state index in [2.05, 4.69) is 4.90 Å². The third-order valence-electron chi connectivity index (χ3n) is 5.04. The van der Waals surface area contributed by atoms with Crippen LogP contribution in [0.3, 0.4) is 0 Å². The van der Waals surface area contributed by atoms with Gasteiger partial charge in [0.25, 0.3) is 0 Å². The smallest absolute Gasteiger partial charge is 0.137 e. The van der Waals surface area contributed by atoms with Crippen LogP contribution in [0.2, 0.25) is 0 Å². The van der Waals surface area contributed by atoms with Crippen molar-refractivity contribution in [2.24, 2.45) is 0 Å². The Kier molecular flexibility index (Phi) is 7.03. The molecule has 5 nitrogen and oxygen atoms in total. The normalized spacial score (nSPS) is 9.39. The summed E-state index contributed by atoms with van der Waals surface area (Å²) in [7, 11) is 0. The molecule has 0 spiro atoms. The van der Waals surface area contributed by atoms with E-state index >= 15 is 0 Å². The molecule has 0 amide bonds. The fourth-order valence-electron chi connectivity index (χ4n) is 3.30. The molecule has 0 aliphatic rings. The van der Waals surface area contributed by atoms with Crippen LogP contribution in [0.15, 0.2) is 90.0 Å². The summed E-state index contributed by atoms with van der Waals surface area (Å²) in [6, 6.07) is 31.0. The fraction of sp³-hybridized carbons (Fsp3) is 0.0714. The Morgan fingerprint density at radius 3 is 1.36 bits per heavy atom. The highest BCUT2D eigenvalue weighted by Gasteiger charge is 2.14. The molecule has 5 heteroatoms. The minimum absolute atomic E-state index is 0.167. The molecule has 0 aromatic heterocycles. The molecule has 3 aromatic rings. The van der Waals surface area contributed by atoms with Crippen LogP contribution >= 0.6 is 0 Å². The lowest BCUT2D eigenvalue weighted by Gasteiger charge is -2.26. The third kappa shape index (κ3) is 5.15. The van der Waals surface area contributed by atoms with Gasteiger partial charge in [-0.15, -0.1) is 0 Å². The molecule has 0 bridgehead atoms. The zero-order chi connectivity index (χ0) is 23.8. The van der Waals surface area contributed by atoms with Crippen molar-refractivity contribution in [1.29, 1.82) is 21.0 Å². The Labute approximate surface area is 193 Å². The lowest BCUT2D eigenvalue weighted by atomic mass is 9.98. The molecule has 0 heterocycles. The number of anilines is 3. The number of aryl methyl sites for hydroxylation is 2. The standard InChI is InChI=1S/C28H19N5/c1-20-3-9-25(10-4-20)33(26-11-5-21(2)6-12-26)27-13-7-23(8-14-27)28(24(18-31)19-32)15-22(16-29)17-30/h3-15H,1-2H3. The van der Waals surface area contributed by atoms with Crippen LogP contribution in [0.25, 0.3) is 5.57 Å². The highest BCUT2D eigenvalue weighted by atomic mass is 15.1. The van der Waals surface area contributed by atoms with Crippen LogP contribution in [0.1, 0.15) is 16.7 Å². The Hall–Kier alpha value is -5.10. The molecule has 0 aliphatic heterocycles. The molecule has 0 atom stereocenters. The fourth-order valence-corrected chi connectivity index (χ4v) is 3.30. The van der Waals surface area contributed by atoms with Crippen molar-refractivity contribution in [2.45, 2.75) is 13.8 Å². The second-order valence-electron chi connectivity index (χ2n) is 7.35. The predicted octanol–water partition coefficient (Wildman–Crippen LogP) is 6.55. The summed E-state index contributed by atoms with van der Waals surface area (Å²) in [6.07, 6.45) is 1.27. The largest absolute Gasteiger partial charge is 0.311 e. The number of hydrogen-bond donors (Lipinski definition) is 0. The minimum Gasteiger partial charge on any atom is -0.311 e. The second kappa shape index (κ2) is 10.3. The van der Waals surface area contributed by atoms with Gasteiger partial charge in [-0.3, -0.25) is 0 Å². The van der Waals surface area contributed by atoms with Crippen molar-refractivity contribution in [1.82, 2.24) is 0 Å². The van der Waals surface area contributed by atoms with Crippen molar-refractivity contribution in [2.75, 3.05) is 4.90 Å². The zero-order valence-electron chi connectivity index (χ0n) is 18.2. The molecule has 0 aliphatic carbocycles. The summed E-state index contributed by atoms with van der Waals surface area (Å²) >= 11 is 0. The quantitative estimate of drug-likeness (QED) is 0.341. The summed E-state index contributed by atoms with van der Waals surface area (Å²) in [5.41, 5.74) is 5.62. The molecule has 3 rings (SSSR count). The zero-order valence-corrected chi connectivity index (χ0v) is 18.2. The van der Waals surface area contributed by atoms with Crippen molar-refractivity contribution in [3.63, 3.8) is 0 Å². The monoisotopic (exact) mass is 425 g/mol. The maximum Gasteiger partial charge on any atom is 0.137 e. The highest BCUT2D eigenvalue weighted by molar-refractivity contribution is 5.85. The molecule has 0 N–H and O–H groups in total. The number of rotatable bonds is 5. The van der Waals surface area contributed by atoms with Gasteiger partial charge < -0.3 is 4.90 Å². The maximum absolute atomic E-state index is 9.37. The lowest BCUT2D eigenvalue weighted by molar-refractivity contribution is 1.27. The van der Waals surface area contributed by atoms with Crippen molar-refractivity contribution in [3.8, 4) is 24.3 Å². The van der Waals surface area contributed by atoms with Gasteiger partial charge in [-0.2, -0.15) is 21.0 Å². The van der Waals surface area contributed by atoms with E-state index in [1.165, 1.54) is 6.08 Å². The Bertz CT molecular complexity index is 1300. The van der Waals surface area contributed by atoms with Crippen LogP contribution in [0.4, 0.5) is 17.1 Å². The third-order valence-corrected chi connectivity index (χ3v) is 5.04. The highest BCUT2D eigenvalue weighted by Crippen LogP contribution is 2.35. The summed E-state index contributed by atoms with van der Waals surface area (Å²) in [6.45, 7) is 4.07. The first kappa shape index (κ1) is 22.6. The molecule has 33 heavy (non-hydrogen) atoms. The maximum atomic E-state index is 9.37. The number of nitriles is 4. The summed E-state index contributed by atoms with van der Waals surface area (Å²) in [4.78, 5) is 2.10. The Morgan fingerprint density at radius 2 is 1.00 bits per heavy atom. The van der Waals surface area contributed by atoms with Crippen LogP contribution < -0.4 is 4.90 Å². The van der Waals surface area contributed by atoms with Gasteiger partial charge in [-0.1, -0.05) is 47.5 Å². The first-order valence-corrected chi connectivity index (χ1v) is 10.1. The van der Waals surface area contributed by atoms with E-state index in [9.17, 15) is 10.5 Å². The van der Waals surface area contributed by atoms with Gasteiger partial charge in [-0.05, 0) is 61.9 Å². The summed E-state index contributed by atoms with van der Waals surface area (Å²) in [5, 5.41) is 37.0. The molecular formula is C28H19N5. The van der Waals surface area contributed by atoms with Crippen LogP contribution in [-0.4, -0.2) is 0 Å². The van der Waals surface area contributed by atoms with Gasteiger partial charge in [0.2, 0.25) is 0 Å². The molecule has 0 fully saturated rings. The van der Waals surface area contributed by atoms with Crippen molar-refractivity contribution >= 4 is 22.6 Å². The van der Waals surface area contributed by atoms with E-state index in [0.29, 0.717) is 5.56 Å². The minimum atomic E-state index is -0.182. The molecule has 0 saturated carbocycles.